The Bertz CT molecular complexity index is 353. The van der Waals surface area contributed by atoms with Crippen molar-refractivity contribution in [2.24, 2.45) is 5.41 Å². The van der Waals surface area contributed by atoms with Crippen molar-refractivity contribution in [1.82, 2.24) is 15.1 Å². The quantitative estimate of drug-likeness (QED) is 0.720. The minimum atomic E-state index is 0.333. The normalized spacial score (nSPS) is 12.1. The molecule has 1 aromatic rings. The van der Waals surface area contributed by atoms with Crippen LogP contribution in [0.4, 0.5) is 0 Å². The lowest BCUT2D eigenvalue weighted by molar-refractivity contribution is 0.317. The second-order valence-corrected chi connectivity index (χ2v) is 5.74. The molecule has 0 aliphatic heterocycles. The van der Waals surface area contributed by atoms with Gasteiger partial charge in [0.25, 0.3) is 0 Å². The van der Waals surface area contributed by atoms with Crippen molar-refractivity contribution in [2.75, 3.05) is 13.1 Å². The Morgan fingerprint density at radius 3 is 2.56 bits per heavy atom. The lowest BCUT2D eigenvalue weighted by Gasteiger charge is -2.25. The summed E-state index contributed by atoms with van der Waals surface area (Å²) < 4.78 is 2.16. The third-order valence-corrected chi connectivity index (χ3v) is 3.46. The van der Waals surface area contributed by atoms with E-state index in [0.29, 0.717) is 5.41 Å². The number of hydrogen-bond acceptors (Lipinski definition) is 2. The highest BCUT2D eigenvalue weighted by Gasteiger charge is 2.20. The predicted octanol–water partition coefficient (Wildman–Crippen LogP) is 3.03. The van der Waals surface area contributed by atoms with Gasteiger partial charge in [-0.3, -0.25) is 4.68 Å². The van der Waals surface area contributed by atoms with Gasteiger partial charge in [0, 0.05) is 12.2 Å². The Morgan fingerprint density at radius 1 is 1.28 bits per heavy atom. The van der Waals surface area contributed by atoms with Gasteiger partial charge in [-0.1, -0.05) is 27.7 Å². The first-order valence-electron chi connectivity index (χ1n) is 7.28. The van der Waals surface area contributed by atoms with E-state index in [0.717, 1.165) is 32.5 Å². The Morgan fingerprint density at radius 2 is 2.00 bits per heavy atom. The Kier molecular flexibility index (Phi) is 5.86. The molecule has 0 radical (unpaired) electrons. The van der Waals surface area contributed by atoms with Crippen LogP contribution in [0.3, 0.4) is 0 Å². The number of nitrogens with zero attached hydrogens (tertiary/aromatic N) is 2. The van der Waals surface area contributed by atoms with Gasteiger partial charge in [-0.05, 0) is 50.8 Å². The van der Waals surface area contributed by atoms with Crippen LogP contribution in [-0.4, -0.2) is 22.9 Å². The van der Waals surface area contributed by atoms with E-state index in [4.69, 9.17) is 0 Å². The molecule has 18 heavy (non-hydrogen) atoms. The molecule has 0 amide bonds. The summed E-state index contributed by atoms with van der Waals surface area (Å²) in [5.41, 5.74) is 2.94. The van der Waals surface area contributed by atoms with Crippen molar-refractivity contribution in [3.8, 4) is 0 Å². The molecule has 1 rings (SSSR count). The Hall–Kier alpha value is -0.830. The van der Waals surface area contributed by atoms with Crippen molar-refractivity contribution in [2.45, 2.75) is 60.4 Å². The minimum absolute atomic E-state index is 0.333. The molecule has 0 bridgehead atoms. The average molecular weight is 251 g/mol. The van der Waals surface area contributed by atoms with Crippen LogP contribution in [0.2, 0.25) is 0 Å². The molecule has 0 aliphatic rings. The zero-order valence-corrected chi connectivity index (χ0v) is 12.7. The lowest BCUT2D eigenvalue weighted by Crippen LogP contribution is -2.24. The number of aromatic nitrogens is 2. The van der Waals surface area contributed by atoms with Crippen molar-refractivity contribution in [3.05, 3.63) is 17.5 Å². The van der Waals surface area contributed by atoms with E-state index in [1.807, 2.05) is 0 Å². The average Bonchev–Trinajstić information content (AvgIpc) is 2.70. The van der Waals surface area contributed by atoms with Crippen LogP contribution in [-0.2, 0) is 19.4 Å². The zero-order valence-electron chi connectivity index (χ0n) is 12.7. The van der Waals surface area contributed by atoms with Crippen molar-refractivity contribution in [1.29, 1.82) is 0 Å². The van der Waals surface area contributed by atoms with Crippen LogP contribution >= 0.6 is 0 Å². The smallest absolute Gasteiger partial charge is 0.0624 e. The summed E-state index contributed by atoms with van der Waals surface area (Å²) in [6, 6.07) is 2.28. The summed E-state index contributed by atoms with van der Waals surface area (Å²) in [4.78, 5) is 0. The van der Waals surface area contributed by atoms with E-state index < -0.39 is 0 Å². The molecule has 3 heteroatoms. The van der Waals surface area contributed by atoms with Crippen LogP contribution in [0, 0.1) is 5.41 Å². The highest BCUT2D eigenvalue weighted by molar-refractivity contribution is 5.12. The maximum Gasteiger partial charge on any atom is 0.0624 e. The van der Waals surface area contributed by atoms with Crippen LogP contribution in [0.15, 0.2) is 6.07 Å². The fraction of sp³-hybridized carbons (Fsp3) is 0.800. The number of hydrogen-bond donors (Lipinski definition) is 1. The topological polar surface area (TPSA) is 29.9 Å². The van der Waals surface area contributed by atoms with E-state index in [2.05, 4.69) is 55.8 Å². The summed E-state index contributed by atoms with van der Waals surface area (Å²) in [5, 5.41) is 8.04. The molecule has 0 saturated heterocycles. The second-order valence-electron chi connectivity index (χ2n) is 5.74. The van der Waals surface area contributed by atoms with Gasteiger partial charge in [0.2, 0.25) is 0 Å². The summed E-state index contributed by atoms with van der Waals surface area (Å²) in [7, 11) is 0. The molecular weight excluding hydrogens is 222 g/mol. The molecule has 1 aromatic heterocycles. The maximum atomic E-state index is 4.63. The van der Waals surface area contributed by atoms with Crippen molar-refractivity contribution in [3.63, 3.8) is 0 Å². The molecule has 104 valence electrons. The number of rotatable bonds is 8. The molecule has 0 aliphatic carbocycles. The Labute approximate surface area is 112 Å². The van der Waals surface area contributed by atoms with E-state index in [1.165, 1.54) is 17.8 Å². The first-order chi connectivity index (χ1) is 8.52. The van der Waals surface area contributed by atoms with E-state index in [1.54, 1.807) is 0 Å². The van der Waals surface area contributed by atoms with E-state index in [9.17, 15) is 0 Å². The lowest BCUT2D eigenvalue weighted by atomic mass is 9.84. The third-order valence-electron chi connectivity index (χ3n) is 3.46. The van der Waals surface area contributed by atoms with Gasteiger partial charge in [-0.15, -0.1) is 0 Å². The number of aryl methyl sites for hydroxylation is 2. The third kappa shape index (κ3) is 4.45. The number of nitrogens with one attached hydrogen (secondary N) is 1. The summed E-state index contributed by atoms with van der Waals surface area (Å²) in [5.74, 6) is 0. The molecular formula is C15H29N3. The van der Waals surface area contributed by atoms with Gasteiger partial charge < -0.3 is 5.32 Å². The van der Waals surface area contributed by atoms with Gasteiger partial charge in [0.05, 0.1) is 5.69 Å². The highest BCUT2D eigenvalue weighted by Crippen LogP contribution is 2.26. The second kappa shape index (κ2) is 6.93. The molecule has 1 heterocycles. The SMILES string of the molecule is CCNCCC(C)(C)Cc1cc(CC)nn1CC. The minimum Gasteiger partial charge on any atom is -0.317 e. The monoisotopic (exact) mass is 251 g/mol. The summed E-state index contributed by atoms with van der Waals surface area (Å²) >= 11 is 0. The summed E-state index contributed by atoms with van der Waals surface area (Å²) in [6.45, 7) is 14.3. The molecule has 0 unspecified atom stereocenters. The van der Waals surface area contributed by atoms with E-state index in [-0.39, 0.29) is 0 Å². The molecule has 0 fully saturated rings. The van der Waals surface area contributed by atoms with Crippen LogP contribution in [0.5, 0.6) is 0 Å². The molecule has 1 N–H and O–H groups in total. The van der Waals surface area contributed by atoms with Crippen LogP contribution in [0.1, 0.15) is 52.4 Å². The predicted molar refractivity (Wildman–Crippen MR) is 77.9 cm³/mol. The van der Waals surface area contributed by atoms with Crippen LogP contribution in [0.25, 0.3) is 0 Å². The standard InChI is InChI=1S/C15H29N3/c1-6-13-11-14(18(8-3)17-13)12-15(4,5)9-10-16-7-2/h11,16H,6-10,12H2,1-5H3. The fourth-order valence-corrected chi connectivity index (χ4v) is 2.29. The molecule has 0 spiro atoms. The van der Waals surface area contributed by atoms with Crippen molar-refractivity contribution >= 4 is 0 Å². The first-order valence-corrected chi connectivity index (χ1v) is 7.28. The van der Waals surface area contributed by atoms with Gasteiger partial charge in [0.1, 0.15) is 0 Å². The molecule has 0 atom stereocenters. The van der Waals surface area contributed by atoms with Gasteiger partial charge in [-0.25, -0.2) is 0 Å². The van der Waals surface area contributed by atoms with Gasteiger partial charge in [-0.2, -0.15) is 5.10 Å². The van der Waals surface area contributed by atoms with Crippen molar-refractivity contribution < 1.29 is 0 Å². The Balaban J connectivity index is 2.66. The molecule has 0 saturated carbocycles. The highest BCUT2D eigenvalue weighted by atomic mass is 15.3. The zero-order chi connectivity index (χ0) is 13.6. The fourth-order valence-electron chi connectivity index (χ4n) is 2.29. The molecule has 0 aromatic carbocycles. The first kappa shape index (κ1) is 15.2. The van der Waals surface area contributed by atoms with Crippen LogP contribution < -0.4 is 5.32 Å². The largest absolute Gasteiger partial charge is 0.317 e. The summed E-state index contributed by atoms with van der Waals surface area (Å²) in [6.07, 6.45) is 3.34. The van der Waals surface area contributed by atoms with Gasteiger partial charge >= 0.3 is 0 Å². The molecule has 3 nitrogen and oxygen atoms in total. The van der Waals surface area contributed by atoms with E-state index >= 15 is 0 Å². The van der Waals surface area contributed by atoms with Gasteiger partial charge in [0.15, 0.2) is 0 Å². The maximum absolute atomic E-state index is 4.63.